The van der Waals surface area contributed by atoms with Crippen molar-refractivity contribution >= 4 is 29.1 Å². The quantitative estimate of drug-likeness (QED) is 0.903. The molecule has 1 saturated heterocycles. The fraction of sp³-hybridized carbons (Fsp3) is 0.615. The number of carbonyl (C=O) groups excluding carboxylic acids is 1. The van der Waals surface area contributed by atoms with Gasteiger partial charge in [-0.3, -0.25) is 9.69 Å². The fourth-order valence-corrected chi connectivity index (χ4v) is 2.65. The second kappa shape index (κ2) is 6.44. The summed E-state index contributed by atoms with van der Waals surface area (Å²) in [7, 11) is 0. The maximum Gasteiger partial charge on any atom is 0.257 e. The zero-order valence-electron chi connectivity index (χ0n) is 12.0. The van der Waals surface area contributed by atoms with E-state index in [1.165, 1.54) is 6.07 Å². The molecule has 21 heavy (non-hydrogen) atoms. The van der Waals surface area contributed by atoms with Crippen LogP contribution in [0.15, 0.2) is 6.07 Å². The SMILES string of the molecule is CC(C)(O)CN1CCN(C(=O)c2cc(Cl)nnc2Cl)CC1. The first-order chi connectivity index (χ1) is 9.76. The first kappa shape index (κ1) is 16.4. The molecule has 0 radical (unpaired) electrons. The molecule has 0 saturated carbocycles. The monoisotopic (exact) mass is 332 g/mol. The third kappa shape index (κ3) is 4.51. The number of hydrogen-bond acceptors (Lipinski definition) is 5. The fourth-order valence-electron chi connectivity index (χ4n) is 2.33. The van der Waals surface area contributed by atoms with E-state index in [9.17, 15) is 9.90 Å². The molecule has 1 amide bonds. The zero-order chi connectivity index (χ0) is 15.6. The lowest BCUT2D eigenvalue weighted by Crippen LogP contribution is -2.52. The van der Waals surface area contributed by atoms with Crippen LogP contribution in [-0.4, -0.2) is 69.3 Å². The van der Waals surface area contributed by atoms with E-state index in [0.717, 1.165) is 0 Å². The molecule has 0 aromatic carbocycles. The summed E-state index contributed by atoms with van der Waals surface area (Å²) in [6.07, 6.45) is 0. The Labute approximate surface area is 133 Å². The summed E-state index contributed by atoms with van der Waals surface area (Å²) in [5.74, 6) is -0.195. The largest absolute Gasteiger partial charge is 0.389 e. The number of amides is 1. The van der Waals surface area contributed by atoms with Gasteiger partial charge in [0.25, 0.3) is 5.91 Å². The molecule has 116 valence electrons. The second-order valence-corrected chi connectivity index (χ2v) is 6.50. The Kier molecular flexibility index (Phi) is 5.03. The van der Waals surface area contributed by atoms with Crippen LogP contribution in [0.1, 0.15) is 24.2 Å². The van der Waals surface area contributed by atoms with Gasteiger partial charge in [0.15, 0.2) is 10.3 Å². The number of carbonyl (C=O) groups is 1. The van der Waals surface area contributed by atoms with Crippen molar-refractivity contribution in [2.45, 2.75) is 19.4 Å². The molecule has 1 aliphatic rings. The van der Waals surface area contributed by atoms with Crippen LogP contribution in [0.5, 0.6) is 0 Å². The number of hydrogen-bond donors (Lipinski definition) is 1. The molecule has 1 aromatic rings. The Hall–Kier alpha value is -0.950. The van der Waals surface area contributed by atoms with Crippen molar-refractivity contribution in [3.8, 4) is 0 Å². The van der Waals surface area contributed by atoms with Gasteiger partial charge < -0.3 is 10.0 Å². The number of nitrogens with zero attached hydrogens (tertiary/aromatic N) is 4. The summed E-state index contributed by atoms with van der Waals surface area (Å²) < 4.78 is 0. The number of β-amino-alcohol motifs (C(OH)–C–C–N with tert-alkyl or cyclic N) is 1. The van der Waals surface area contributed by atoms with Crippen molar-refractivity contribution < 1.29 is 9.90 Å². The van der Waals surface area contributed by atoms with Gasteiger partial charge >= 0.3 is 0 Å². The molecule has 8 heteroatoms. The molecule has 1 fully saturated rings. The standard InChI is InChI=1S/C13H18Cl2N4O2/c1-13(2,21)8-18-3-5-19(6-4-18)12(20)9-7-10(14)16-17-11(9)15/h7,21H,3-6,8H2,1-2H3. The summed E-state index contributed by atoms with van der Waals surface area (Å²) >= 11 is 11.7. The highest BCUT2D eigenvalue weighted by Gasteiger charge is 2.27. The Balaban J connectivity index is 1.99. The summed E-state index contributed by atoms with van der Waals surface area (Å²) in [5, 5.41) is 17.3. The van der Waals surface area contributed by atoms with Crippen molar-refractivity contribution in [2.75, 3.05) is 32.7 Å². The lowest BCUT2D eigenvalue weighted by molar-refractivity contribution is 0.0178. The Morgan fingerprint density at radius 1 is 1.29 bits per heavy atom. The molecule has 0 aliphatic carbocycles. The van der Waals surface area contributed by atoms with Crippen molar-refractivity contribution in [1.82, 2.24) is 20.0 Å². The molecule has 0 bridgehead atoms. The number of piperazine rings is 1. The normalized spacial score (nSPS) is 17.1. The minimum atomic E-state index is -0.738. The number of halogens is 2. The Morgan fingerprint density at radius 3 is 2.48 bits per heavy atom. The van der Waals surface area contributed by atoms with Crippen LogP contribution in [0.3, 0.4) is 0 Å². The first-order valence-corrected chi connectivity index (χ1v) is 7.44. The van der Waals surface area contributed by atoms with Crippen LogP contribution in [-0.2, 0) is 0 Å². The van der Waals surface area contributed by atoms with E-state index in [4.69, 9.17) is 23.2 Å². The van der Waals surface area contributed by atoms with Crippen molar-refractivity contribution in [2.24, 2.45) is 0 Å². The molecule has 6 nitrogen and oxygen atoms in total. The van der Waals surface area contributed by atoms with Gasteiger partial charge in [0.1, 0.15) is 0 Å². The van der Waals surface area contributed by atoms with E-state index in [2.05, 4.69) is 15.1 Å². The van der Waals surface area contributed by atoms with Crippen molar-refractivity contribution in [3.05, 3.63) is 21.9 Å². The van der Waals surface area contributed by atoms with Crippen LogP contribution in [0, 0.1) is 0 Å². The lowest BCUT2D eigenvalue weighted by atomic mass is 10.1. The summed E-state index contributed by atoms with van der Waals surface area (Å²) in [5.41, 5.74) is -0.467. The maximum absolute atomic E-state index is 12.4. The van der Waals surface area contributed by atoms with Gasteiger partial charge in [0.05, 0.1) is 11.2 Å². The van der Waals surface area contributed by atoms with Gasteiger partial charge in [-0.1, -0.05) is 23.2 Å². The van der Waals surface area contributed by atoms with E-state index in [1.54, 1.807) is 18.7 Å². The highest BCUT2D eigenvalue weighted by atomic mass is 35.5. The van der Waals surface area contributed by atoms with Gasteiger partial charge in [-0.05, 0) is 19.9 Å². The van der Waals surface area contributed by atoms with Crippen LogP contribution >= 0.6 is 23.2 Å². The van der Waals surface area contributed by atoms with Gasteiger partial charge in [-0.2, -0.15) is 0 Å². The molecular weight excluding hydrogens is 315 g/mol. The van der Waals surface area contributed by atoms with Gasteiger partial charge in [0.2, 0.25) is 0 Å². The molecule has 1 aromatic heterocycles. The highest BCUT2D eigenvalue weighted by Crippen LogP contribution is 2.18. The zero-order valence-corrected chi connectivity index (χ0v) is 13.5. The third-order valence-electron chi connectivity index (χ3n) is 3.22. The van der Waals surface area contributed by atoms with Gasteiger partial charge in [0, 0.05) is 32.7 Å². The summed E-state index contributed by atoms with van der Waals surface area (Å²) in [6, 6.07) is 1.43. The molecule has 0 unspecified atom stereocenters. The Morgan fingerprint density at radius 2 is 1.90 bits per heavy atom. The predicted octanol–water partition coefficient (Wildman–Crippen LogP) is 1.31. The van der Waals surface area contributed by atoms with E-state index in [0.29, 0.717) is 32.7 Å². The molecule has 0 atom stereocenters. The summed E-state index contributed by atoms with van der Waals surface area (Å²) in [6.45, 7) is 6.69. The van der Waals surface area contributed by atoms with Crippen molar-refractivity contribution in [1.29, 1.82) is 0 Å². The topological polar surface area (TPSA) is 69.6 Å². The van der Waals surface area contributed by atoms with E-state index in [-0.39, 0.29) is 21.8 Å². The Bertz CT molecular complexity index is 525. The van der Waals surface area contributed by atoms with Crippen LogP contribution in [0.2, 0.25) is 10.3 Å². The number of aliphatic hydroxyl groups is 1. The maximum atomic E-state index is 12.4. The van der Waals surface area contributed by atoms with E-state index >= 15 is 0 Å². The average molecular weight is 333 g/mol. The van der Waals surface area contributed by atoms with Gasteiger partial charge in [-0.15, -0.1) is 10.2 Å². The summed E-state index contributed by atoms with van der Waals surface area (Å²) in [4.78, 5) is 16.2. The van der Waals surface area contributed by atoms with E-state index in [1.807, 2.05) is 0 Å². The minimum absolute atomic E-state index is 0.0586. The van der Waals surface area contributed by atoms with Crippen LogP contribution in [0.25, 0.3) is 0 Å². The molecule has 1 aliphatic heterocycles. The molecule has 2 heterocycles. The predicted molar refractivity (Wildman–Crippen MR) is 80.7 cm³/mol. The van der Waals surface area contributed by atoms with Crippen molar-refractivity contribution in [3.63, 3.8) is 0 Å². The lowest BCUT2D eigenvalue weighted by Gasteiger charge is -2.37. The molecular formula is C13H18Cl2N4O2. The minimum Gasteiger partial charge on any atom is -0.389 e. The molecule has 2 rings (SSSR count). The smallest absolute Gasteiger partial charge is 0.257 e. The van der Waals surface area contributed by atoms with Gasteiger partial charge in [-0.25, -0.2) is 0 Å². The van der Waals surface area contributed by atoms with E-state index < -0.39 is 5.60 Å². The third-order valence-corrected chi connectivity index (χ3v) is 3.68. The van der Waals surface area contributed by atoms with Crippen LogP contribution < -0.4 is 0 Å². The first-order valence-electron chi connectivity index (χ1n) is 6.69. The molecule has 1 N–H and O–H groups in total. The molecule has 0 spiro atoms. The average Bonchev–Trinajstić information content (AvgIpc) is 2.40. The highest BCUT2D eigenvalue weighted by molar-refractivity contribution is 6.34. The number of rotatable bonds is 3. The second-order valence-electron chi connectivity index (χ2n) is 5.75. The van der Waals surface area contributed by atoms with Crippen LogP contribution in [0.4, 0.5) is 0 Å². The number of aromatic nitrogens is 2.